The number of amides is 1. The number of hydrogen-bond donors (Lipinski definition) is 2. The maximum Gasteiger partial charge on any atom is 0.270 e. The predicted octanol–water partition coefficient (Wildman–Crippen LogP) is 4.16. The van der Waals surface area contributed by atoms with Crippen molar-refractivity contribution < 1.29 is 9.18 Å². The standard InChI is InChI=1S/C21H20ClFN4O/c1-14-12-19(20(28)24-11-10-15-2-6-17(22)7-3-15)27-21(26-14)25-13-16-4-8-18(23)9-5-16/h2-9,12H,10-11,13H2,1H3,(H,24,28)(H,25,26,27). The monoisotopic (exact) mass is 398 g/mol. The maximum absolute atomic E-state index is 13.0. The fourth-order valence-corrected chi connectivity index (χ4v) is 2.74. The van der Waals surface area contributed by atoms with Gasteiger partial charge < -0.3 is 10.6 Å². The summed E-state index contributed by atoms with van der Waals surface area (Å²) < 4.78 is 13.0. The van der Waals surface area contributed by atoms with E-state index in [0.717, 1.165) is 11.1 Å². The number of halogens is 2. The van der Waals surface area contributed by atoms with Gasteiger partial charge in [-0.2, -0.15) is 0 Å². The van der Waals surface area contributed by atoms with Crippen molar-refractivity contribution in [1.82, 2.24) is 15.3 Å². The van der Waals surface area contributed by atoms with Gasteiger partial charge in [-0.3, -0.25) is 4.79 Å². The van der Waals surface area contributed by atoms with Crippen LogP contribution >= 0.6 is 11.6 Å². The van der Waals surface area contributed by atoms with Crippen LogP contribution in [0.15, 0.2) is 54.6 Å². The summed E-state index contributed by atoms with van der Waals surface area (Å²) in [7, 11) is 0. The summed E-state index contributed by atoms with van der Waals surface area (Å²) in [5.74, 6) is -0.190. The van der Waals surface area contributed by atoms with Gasteiger partial charge in [0, 0.05) is 23.8 Å². The molecule has 0 fully saturated rings. The molecule has 1 amide bonds. The zero-order valence-corrected chi connectivity index (χ0v) is 16.1. The van der Waals surface area contributed by atoms with Crippen molar-refractivity contribution in [3.05, 3.63) is 88.0 Å². The summed E-state index contributed by atoms with van der Waals surface area (Å²) in [6.07, 6.45) is 0.697. The molecule has 3 rings (SSSR count). The van der Waals surface area contributed by atoms with Crippen LogP contribution in [0.4, 0.5) is 10.3 Å². The van der Waals surface area contributed by atoms with Crippen LogP contribution in [-0.4, -0.2) is 22.4 Å². The van der Waals surface area contributed by atoms with Crippen molar-refractivity contribution in [3.63, 3.8) is 0 Å². The summed E-state index contributed by atoms with van der Waals surface area (Å²) in [4.78, 5) is 21.0. The highest BCUT2D eigenvalue weighted by Gasteiger charge is 2.10. The smallest absolute Gasteiger partial charge is 0.270 e. The summed E-state index contributed by atoms with van der Waals surface area (Å²) in [5.41, 5.74) is 2.95. The molecule has 7 heteroatoms. The first-order valence-electron chi connectivity index (χ1n) is 8.86. The van der Waals surface area contributed by atoms with Gasteiger partial charge in [-0.1, -0.05) is 35.9 Å². The molecule has 0 spiro atoms. The van der Waals surface area contributed by atoms with E-state index in [1.165, 1.54) is 12.1 Å². The molecule has 0 saturated carbocycles. The highest BCUT2D eigenvalue weighted by molar-refractivity contribution is 6.30. The molecule has 0 aliphatic rings. The molecular weight excluding hydrogens is 379 g/mol. The zero-order valence-electron chi connectivity index (χ0n) is 15.4. The van der Waals surface area contributed by atoms with Crippen LogP contribution < -0.4 is 10.6 Å². The van der Waals surface area contributed by atoms with Gasteiger partial charge in [-0.05, 0) is 54.8 Å². The first-order valence-corrected chi connectivity index (χ1v) is 9.24. The van der Waals surface area contributed by atoms with Crippen LogP contribution in [0.1, 0.15) is 27.3 Å². The lowest BCUT2D eigenvalue weighted by Gasteiger charge is -2.09. The Morgan fingerprint density at radius 2 is 1.71 bits per heavy atom. The molecule has 1 heterocycles. The summed E-state index contributed by atoms with van der Waals surface area (Å²) in [6, 6.07) is 15.3. The number of aryl methyl sites for hydroxylation is 1. The van der Waals surface area contributed by atoms with Crippen molar-refractivity contribution in [1.29, 1.82) is 0 Å². The Balaban J connectivity index is 1.57. The molecule has 0 atom stereocenters. The second kappa shape index (κ2) is 9.28. The third-order valence-corrected chi connectivity index (χ3v) is 4.32. The van der Waals surface area contributed by atoms with E-state index >= 15 is 0 Å². The first-order chi connectivity index (χ1) is 13.5. The number of nitrogens with one attached hydrogen (secondary N) is 2. The van der Waals surface area contributed by atoms with Crippen molar-refractivity contribution in [2.45, 2.75) is 19.9 Å². The second-order valence-corrected chi connectivity index (χ2v) is 6.77. The molecule has 0 saturated heterocycles. The molecule has 144 valence electrons. The topological polar surface area (TPSA) is 66.9 Å². The van der Waals surface area contributed by atoms with E-state index in [0.29, 0.717) is 41.9 Å². The lowest BCUT2D eigenvalue weighted by Crippen LogP contribution is -2.27. The average molecular weight is 399 g/mol. The number of carbonyl (C=O) groups excluding carboxylic acids is 1. The minimum absolute atomic E-state index is 0.260. The Labute approximate surface area is 168 Å². The van der Waals surface area contributed by atoms with E-state index in [1.54, 1.807) is 25.1 Å². The largest absolute Gasteiger partial charge is 0.350 e. The summed E-state index contributed by atoms with van der Waals surface area (Å²) in [5, 5.41) is 6.62. The Morgan fingerprint density at radius 1 is 1.04 bits per heavy atom. The minimum Gasteiger partial charge on any atom is -0.350 e. The van der Waals surface area contributed by atoms with E-state index in [4.69, 9.17) is 11.6 Å². The Hall–Kier alpha value is -2.99. The number of hydrogen-bond acceptors (Lipinski definition) is 4. The average Bonchev–Trinajstić information content (AvgIpc) is 2.68. The predicted molar refractivity (Wildman–Crippen MR) is 108 cm³/mol. The molecule has 3 aromatic rings. The number of aromatic nitrogens is 2. The summed E-state index contributed by atoms with van der Waals surface area (Å²) >= 11 is 5.87. The van der Waals surface area contributed by atoms with Crippen molar-refractivity contribution >= 4 is 23.5 Å². The van der Waals surface area contributed by atoms with Crippen molar-refractivity contribution in [3.8, 4) is 0 Å². The molecule has 0 aliphatic carbocycles. The molecular formula is C21H20ClFN4O. The number of benzene rings is 2. The number of carbonyl (C=O) groups is 1. The highest BCUT2D eigenvalue weighted by Crippen LogP contribution is 2.10. The molecule has 5 nitrogen and oxygen atoms in total. The lowest BCUT2D eigenvalue weighted by molar-refractivity contribution is 0.0949. The molecule has 2 N–H and O–H groups in total. The van der Waals surface area contributed by atoms with Gasteiger partial charge in [-0.25, -0.2) is 14.4 Å². The van der Waals surface area contributed by atoms with Crippen LogP contribution in [0, 0.1) is 12.7 Å². The Bertz CT molecular complexity index is 946. The molecule has 1 aromatic heterocycles. The first kappa shape index (κ1) is 19.8. The van der Waals surface area contributed by atoms with Gasteiger partial charge in [0.15, 0.2) is 0 Å². The molecule has 0 aliphatic heterocycles. The number of nitrogens with zero attached hydrogens (tertiary/aromatic N) is 2. The van der Waals surface area contributed by atoms with Crippen LogP contribution in [0.2, 0.25) is 5.02 Å². The van der Waals surface area contributed by atoms with Gasteiger partial charge in [-0.15, -0.1) is 0 Å². The zero-order chi connectivity index (χ0) is 19.9. The molecule has 28 heavy (non-hydrogen) atoms. The van der Waals surface area contributed by atoms with Crippen molar-refractivity contribution in [2.75, 3.05) is 11.9 Å². The molecule has 0 unspecified atom stereocenters. The lowest BCUT2D eigenvalue weighted by atomic mass is 10.1. The van der Waals surface area contributed by atoms with Gasteiger partial charge in [0.05, 0.1) is 0 Å². The van der Waals surface area contributed by atoms with Crippen molar-refractivity contribution in [2.24, 2.45) is 0 Å². The number of anilines is 1. The van der Waals surface area contributed by atoms with E-state index in [2.05, 4.69) is 20.6 Å². The Kier molecular flexibility index (Phi) is 6.55. The van der Waals surface area contributed by atoms with Crippen LogP contribution in [-0.2, 0) is 13.0 Å². The summed E-state index contributed by atoms with van der Waals surface area (Å²) in [6.45, 7) is 2.72. The number of rotatable bonds is 7. The molecule has 2 aromatic carbocycles. The SMILES string of the molecule is Cc1cc(C(=O)NCCc2ccc(Cl)cc2)nc(NCc2ccc(F)cc2)n1. The normalized spacial score (nSPS) is 10.5. The highest BCUT2D eigenvalue weighted by atomic mass is 35.5. The fraction of sp³-hybridized carbons (Fsp3) is 0.190. The van der Waals surface area contributed by atoms with Gasteiger partial charge in [0.25, 0.3) is 5.91 Å². The molecule has 0 bridgehead atoms. The fourth-order valence-electron chi connectivity index (χ4n) is 2.61. The second-order valence-electron chi connectivity index (χ2n) is 6.33. The third kappa shape index (κ3) is 5.76. The van der Waals surface area contributed by atoms with Crippen LogP contribution in [0.25, 0.3) is 0 Å². The third-order valence-electron chi connectivity index (χ3n) is 4.06. The van der Waals surface area contributed by atoms with Gasteiger partial charge >= 0.3 is 0 Å². The van der Waals surface area contributed by atoms with Gasteiger partial charge in [0.2, 0.25) is 5.95 Å². The maximum atomic E-state index is 13.0. The van der Waals surface area contributed by atoms with E-state index in [-0.39, 0.29) is 11.7 Å². The van der Waals surface area contributed by atoms with E-state index in [1.807, 2.05) is 24.3 Å². The van der Waals surface area contributed by atoms with E-state index in [9.17, 15) is 9.18 Å². The van der Waals surface area contributed by atoms with Crippen LogP contribution in [0.5, 0.6) is 0 Å². The van der Waals surface area contributed by atoms with E-state index < -0.39 is 0 Å². The minimum atomic E-state index is -0.284. The van der Waals surface area contributed by atoms with Crippen LogP contribution in [0.3, 0.4) is 0 Å². The Morgan fingerprint density at radius 3 is 2.43 bits per heavy atom. The molecule has 0 radical (unpaired) electrons. The quantitative estimate of drug-likeness (QED) is 0.627. The van der Waals surface area contributed by atoms with Gasteiger partial charge in [0.1, 0.15) is 11.5 Å².